The van der Waals surface area contributed by atoms with Crippen molar-refractivity contribution in [2.45, 2.75) is 6.54 Å². The average molecular weight is 407 g/mol. The zero-order chi connectivity index (χ0) is 20.3. The van der Waals surface area contributed by atoms with Crippen LogP contribution in [0.2, 0.25) is 0 Å². The van der Waals surface area contributed by atoms with Crippen LogP contribution >= 0.6 is 0 Å². The summed E-state index contributed by atoms with van der Waals surface area (Å²) in [7, 11) is 0. The summed E-state index contributed by atoms with van der Waals surface area (Å²) in [6, 6.07) is 9.98. The molecule has 4 heterocycles. The number of imidazole rings is 1. The molecule has 1 aromatic carbocycles. The van der Waals surface area contributed by atoms with Gasteiger partial charge >= 0.3 is 0 Å². The van der Waals surface area contributed by atoms with Crippen molar-refractivity contribution in [2.75, 3.05) is 62.3 Å². The fourth-order valence-electron chi connectivity index (χ4n) is 4.06. The third-order valence-electron chi connectivity index (χ3n) is 5.79. The lowest BCUT2D eigenvalue weighted by Gasteiger charge is -2.36. The van der Waals surface area contributed by atoms with Crippen molar-refractivity contribution in [3.05, 3.63) is 42.9 Å². The van der Waals surface area contributed by atoms with E-state index < -0.39 is 0 Å². The van der Waals surface area contributed by atoms with Crippen LogP contribution < -0.4 is 9.80 Å². The molecular formula is C21H25N7O2. The third-order valence-corrected chi connectivity index (χ3v) is 5.79. The number of piperazine rings is 1. The van der Waals surface area contributed by atoms with E-state index in [0.29, 0.717) is 19.6 Å². The fourth-order valence-corrected chi connectivity index (χ4v) is 4.06. The maximum absolute atomic E-state index is 12.8. The fraction of sp³-hybridized carbons (Fsp3) is 0.429. The SMILES string of the molecule is O=C(Cn1cnc2ccccc21)N1CCN(c2cnnc(N3CCOCC3)c2)CC1. The van der Waals surface area contributed by atoms with E-state index in [2.05, 4.69) is 31.0 Å². The maximum Gasteiger partial charge on any atom is 0.242 e. The van der Waals surface area contributed by atoms with Crippen LogP contribution in [0, 0.1) is 0 Å². The number of nitrogens with zero attached hydrogens (tertiary/aromatic N) is 7. The van der Waals surface area contributed by atoms with E-state index in [4.69, 9.17) is 4.74 Å². The van der Waals surface area contributed by atoms with Crippen LogP contribution in [-0.2, 0) is 16.1 Å². The number of ether oxygens (including phenoxy) is 1. The van der Waals surface area contributed by atoms with Crippen molar-refractivity contribution < 1.29 is 9.53 Å². The number of anilines is 2. The number of benzene rings is 1. The molecule has 2 aromatic heterocycles. The van der Waals surface area contributed by atoms with Gasteiger partial charge in [-0.3, -0.25) is 4.79 Å². The van der Waals surface area contributed by atoms with Crippen LogP contribution in [-0.4, -0.2) is 83.0 Å². The molecule has 0 aliphatic carbocycles. The van der Waals surface area contributed by atoms with E-state index in [1.165, 1.54) is 0 Å². The van der Waals surface area contributed by atoms with Crippen LogP contribution in [0.1, 0.15) is 0 Å². The Kier molecular flexibility index (Phi) is 5.18. The highest BCUT2D eigenvalue weighted by Crippen LogP contribution is 2.21. The molecular weight excluding hydrogens is 382 g/mol. The molecule has 2 aliphatic rings. The largest absolute Gasteiger partial charge is 0.378 e. The van der Waals surface area contributed by atoms with Gasteiger partial charge in [0.2, 0.25) is 5.91 Å². The molecule has 3 aromatic rings. The van der Waals surface area contributed by atoms with Crippen LogP contribution in [0.15, 0.2) is 42.9 Å². The summed E-state index contributed by atoms with van der Waals surface area (Å²) in [6.45, 7) is 6.39. The molecule has 1 amide bonds. The van der Waals surface area contributed by atoms with Gasteiger partial charge in [-0.05, 0) is 12.1 Å². The van der Waals surface area contributed by atoms with Gasteiger partial charge in [-0.15, -0.1) is 5.10 Å². The summed E-state index contributed by atoms with van der Waals surface area (Å²) in [5.41, 5.74) is 2.96. The molecule has 2 aliphatic heterocycles. The predicted molar refractivity (Wildman–Crippen MR) is 114 cm³/mol. The van der Waals surface area contributed by atoms with E-state index >= 15 is 0 Å². The number of amides is 1. The number of carbonyl (C=O) groups is 1. The summed E-state index contributed by atoms with van der Waals surface area (Å²) >= 11 is 0. The van der Waals surface area contributed by atoms with E-state index in [1.54, 1.807) is 12.5 Å². The van der Waals surface area contributed by atoms with Gasteiger partial charge in [0.05, 0.1) is 42.5 Å². The highest BCUT2D eigenvalue weighted by atomic mass is 16.5. The minimum Gasteiger partial charge on any atom is -0.378 e. The van der Waals surface area contributed by atoms with Crippen LogP contribution in [0.3, 0.4) is 0 Å². The van der Waals surface area contributed by atoms with E-state index in [-0.39, 0.29) is 5.91 Å². The first-order valence-electron chi connectivity index (χ1n) is 10.4. The van der Waals surface area contributed by atoms with E-state index in [1.807, 2.05) is 33.7 Å². The molecule has 0 bridgehead atoms. The Morgan fingerprint density at radius 3 is 2.63 bits per heavy atom. The van der Waals surface area contributed by atoms with Gasteiger partial charge < -0.3 is 24.0 Å². The number of aromatic nitrogens is 4. The quantitative estimate of drug-likeness (QED) is 0.639. The van der Waals surface area contributed by atoms with Crippen molar-refractivity contribution >= 4 is 28.4 Å². The topological polar surface area (TPSA) is 79.6 Å². The highest BCUT2D eigenvalue weighted by molar-refractivity contribution is 5.80. The third kappa shape index (κ3) is 3.80. The molecule has 0 spiro atoms. The minimum absolute atomic E-state index is 0.125. The molecule has 2 fully saturated rings. The number of fused-ring (bicyclic) bond motifs is 1. The van der Waals surface area contributed by atoms with Crippen LogP contribution in [0.25, 0.3) is 11.0 Å². The van der Waals surface area contributed by atoms with Crippen molar-refractivity contribution in [3.63, 3.8) is 0 Å². The molecule has 0 saturated carbocycles. The van der Waals surface area contributed by atoms with Crippen LogP contribution in [0.5, 0.6) is 0 Å². The Bertz CT molecular complexity index is 1020. The normalized spacial score (nSPS) is 17.5. The lowest BCUT2D eigenvalue weighted by Crippen LogP contribution is -2.49. The van der Waals surface area contributed by atoms with Gasteiger partial charge in [-0.25, -0.2) is 4.98 Å². The first-order valence-corrected chi connectivity index (χ1v) is 10.4. The van der Waals surface area contributed by atoms with Crippen LogP contribution in [0.4, 0.5) is 11.5 Å². The summed E-state index contributed by atoms with van der Waals surface area (Å²) in [5, 5.41) is 8.49. The van der Waals surface area contributed by atoms with Gasteiger partial charge in [0.1, 0.15) is 6.54 Å². The number of hydrogen-bond acceptors (Lipinski definition) is 7. The summed E-state index contributed by atoms with van der Waals surface area (Å²) in [4.78, 5) is 23.6. The van der Waals surface area contributed by atoms with Crippen molar-refractivity contribution in [1.82, 2.24) is 24.6 Å². The average Bonchev–Trinajstić information content (AvgIpc) is 3.23. The van der Waals surface area contributed by atoms with E-state index in [9.17, 15) is 4.79 Å². The molecule has 9 nitrogen and oxygen atoms in total. The highest BCUT2D eigenvalue weighted by Gasteiger charge is 2.23. The molecule has 0 atom stereocenters. The standard InChI is InChI=1S/C21H25N7O2/c29-21(15-28-16-22-18-3-1-2-4-19(18)28)27-7-5-25(6-8-27)17-13-20(24-23-14-17)26-9-11-30-12-10-26/h1-4,13-14,16H,5-12,15H2. The lowest BCUT2D eigenvalue weighted by atomic mass is 10.2. The molecule has 30 heavy (non-hydrogen) atoms. The second kappa shape index (κ2) is 8.27. The molecule has 0 radical (unpaired) electrons. The van der Waals surface area contributed by atoms with Gasteiger partial charge in [-0.1, -0.05) is 12.1 Å². The van der Waals surface area contributed by atoms with Crippen molar-refractivity contribution in [3.8, 4) is 0 Å². The zero-order valence-electron chi connectivity index (χ0n) is 16.9. The second-order valence-corrected chi connectivity index (χ2v) is 7.60. The first kappa shape index (κ1) is 18.8. The monoisotopic (exact) mass is 407 g/mol. The second-order valence-electron chi connectivity index (χ2n) is 7.60. The summed E-state index contributed by atoms with van der Waals surface area (Å²) in [6.07, 6.45) is 3.55. The molecule has 0 unspecified atom stereocenters. The minimum atomic E-state index is 0.125. The number of carbonyl (C=O) groups excluding carboxylic acids is 1. The predicted octanol–water partition coefficient (Wildman–Crippen LogP) is 1.01. The molecule has 5 rings (SSSR count). The maximum atomic E-state index is 12.8. The smallest absolute Gasteiger partial charge is 0.242 e. The Morgan fingerprint density at radius 2 is 1.80 bits per heavy atom. The summed E-state index contributed by atoms with van der Waals surface area (Å²) < 4.78 is 7.34. The zero-order valence-corrected chi connectivity index (χ0v) is 16.9. The Hall–Kier alpha value is -3.20. The Balaban J connectivity index is 1.20. The Labute approximate surface area is 174 Å². The molecule has 2 saturated heterocycles. The first-order chi connectivity index (χ1) is 14.8. The van der Waals surface area contributed by atoms with Crippen molar-refractivity contribution in [1.29, 1.82) is 0 Å². The number of rotatable bonds is 4. The van der Waals surface area contributed by atoms with Gasteiger partial charge in [0, 0.05) is 45.3 Å². The molecule has 9 heteroatoms. The lowest BCUT2D eigenvalue weighted by molar-refractivity contribution is -0.132. The molecule has 0 N–H and O–H groups in total. The van der Waals surface area contributed by atoms with Crippen molar-refractivity contribution in [2.24, 2.45) is 0 Å². The Morgan fingerprint density at radius 1 is 1.00 bits per heavy atom. The summed E-state index contributed by atoms with van der Waals surface area (Å²) in [5.74, 6) is 1.01. The van der Waals surface area contributed by atoms with E-state index in [0.717, 1.165) is 61.9 Å². The number of hydrogen-bond donors (Lipinski definition) is 0. The molecule has 156 valence electrons. The van der Waals surface area contributed by atoms with Gasteiger partial charge in [-0.2, -0.15) is 5.10 Å². The number of morpholine rings is 1. The number of para-hydroxylation sites is 2. The van der Waals surface area contributed by atoms with Gasteiger partial charge in [0.15, 0.2) is 5.82 Å². The van der Waals surface area contributed by atoms with Gasteiger partial charge in [0.25, 0.3) is 0 Å².